The lowest BCUT2D eigenvalue weighted by molar-refractivity contribution is -0.132. The number of aryl methyl sites for hydroxylation is 1. The minimum absolute atomic E-state index is 0.180. The van der Waals surface area contributed by atoms with Gasteiger partial charge in [0.1, 0.15) is 11.5 Å². The topological polar surface area (TPSA) is 61.2 Å². The van der Waals surface area contributed by atoms with Gasteiger partial charge in [-0.3, -0.25) is 9.59 Å². The number of aromatic nitrogens is 2. The number of rotatable bonds is 2. The highest BCUT2D eigenvalue weighted by Crippen LogP contribution is 2.40. The minimum Gasteiger partial charge on any atom is -0.361 e. The average molecular weight is 250 g/mol. The Labute approximate surface area is 106 Å². The summed E-state index contributed by atoms with van der Waals surface area (Å²) < 4.78 is 7.33. The molecule has 1 aliphatic rings. The standard InChI is InChI=1S/C13H18N2O3/c1-12(2)8(10(17)13(3,4)18-12)9(16)11-14-6-7-15(11)5/h6-8H,1-5H3. The van der Waals surface area contributed by atoms with Crippen LogP contribution in [0.5, 0.6) is 0 Å². The summed E-state index contributed by atoms with van der Waals surface area (Å²) in [7, 11) is 1.73. The number of Topliss-reactive ketones (excluding diaryl/α,β-unsaturated/α-hetero) is 2. The van der Waals surface area contributed by atoms with E-state index in [1.165, 1.54) is 0 Å². The quantitative estimate of drug-likeness (QED) is 0.587. The summed E-state index contributed by atoms with van der Waals surface area (Å²) in [6.45, 7) is 6.93. The van der Waals surface area contributed by atoms with Gasteiger partial charge in [-0.05, 0) is 27.7 Å². The van der Waals surface area contributed by atoms with Gasteiger partial charge in [0.15, 0.2) is 11.6 Å². The van der Waals surface area contributed by atoms with E-state index in [4.69, 9.17) is 4.74 Å². The zero-order valence-electron chi connectivity index (χ0n) is 11.4. The van der Waals surface area contributed by atoms with Gasteiger partial charge < -0.3 is 9.30 Å². The number of ether oxygens (including phenoxy) is 1. The Bertz CT molecular complexity index is 514. The van der Waals surface area contributed by atoms with E-state index in [0.717, 1.165) is 0 Å². The van der Waals surface area contributed by atoms with Gasteiger partial charge in [-0.2, -0.15) is 0 Å². The van der Waals surface area contributed by atoms with Crippen molar-refractivity contribution in [3.05, 3.63) is 18.2 Å². The lowest BCUT2D eigenvalue weighted by Crippen LogP contribution is -2.38. The van der Waals surface area contributed by atoms with Crippen molar-refractivity contribution >= 4 is 11.6 Å². The summed E-state index contributed by atoms with van der Waals surface area (Å²) >= 11 is 0. The molecule has 5 nitrogen and oxygen atoms in total. The Hall–Kier alpha value is -1.49. The summed E-state index contributed by atoms with van der Waals surface area (Å²) in [4.78, 5) is 28.8. The van der Waals surface area contributed by atoms with E-state index in [1.807, 2.05) is 0 Å². The van der Waals surface area contributed by atoms with Gasteiger partial charge in [-0.25, -0.2) is 4.98 Å². The summed E-state index contributed by atoms with van der Waals surface area (Å²) in [5.74, 6) is -0.958. The summed E-state index contributed by atoms with van der Waals surface area (Å²) in [6, 6.07) is 0. The van der Waals surface area contributed by atoms with E-state index >= 15 is 0 Å². The molecule has 0 N–H and O–H groups in total. The monoisotopic (exact) mass is 250 g/mol. The molecule has 0 saturated carbocycles. The summed E-state index contributed by atoms with van der Waals surface area (Å²) in [5.41, 5.74) is -1.72. The number of carbonyl (C=O) groups is 2. The normalized spacial score (nSPS) is 25.4. The van der Waals surface area contributed by atoms with Crippen molar-refractivity contribution in [3.8, 4) is 0 Å². The SMILES string of the molecule is Cn1ccnc1C(=O)C1C(=O)C(C)(C)OC1(C)C. The smallest absolute Gasteiger partial charge is 0.211 e. The highest BCUT2D eigenvalue weighted by molar-refractivity contribution is 6.13. The van der Waals surface area contributed by atoms with Crippen molar-refractivity contribution in [2.45, 2.75) is 38.9 Å². The van der Waals surface area contributed by atoms with Crippen molar-refractivity contribution in [2.24, 2.45) is 13.0 Å². The molecule has 0 aromatic carbocycles. The van der Waals surface area contributed by atoms with E-state index in [1.54, 1.807) is 51.7 Å². The first kappa shape index (κ1) is 13.0. The fraction of sp³-hybridized carbons (Fsp3) is 0.615. The number of hydrogen-bond acceptors (Lipinski definition) is 4. The highest BCUT2D eigenvalue weighted by Gasteiger charge is 2.57. The molecule has 1 saturated heterocycles. The van der Waals surface area contributed by atoms with Gasteiger partial charge in [-0.15, -0.1) is 0 Å². The van der Waals surface area contributed by atoms with Crippen LogP contribution in [-0.2, 0) is 16.6 Å². The molecule has 98 valence electrons. The fourth-order valence-corrected chi connectivity index (χ4v) is 2.60. The van der Waals surface area contributed by atoms with E-state index in [0.29, 0.717) is 5.82 Å². The van der Waals surface area contributed by atoms with Gasteiger partial charge in [0.25, 0.3) is 0 Å². The number of imidazole rings is 1. The van der Waals surface area contributed by atoms with Crippen LogP contribution >= 0.6 is 0 Å². The second-order valence-corrected chi connectivity index (χ2v) is 5.74. The molecule has 0 bridgehead atoms. The third-order valence-electron chi connectivity index (χ3n) is 3.37. The third-order valence-corrected chi connectivity index (χ3v) is 3.37. The number of carbonyl (C=O) groups excluding carboxylic acids is 2. The summed E-state index contributed by atoms with van der Waals surface area (Å²) in [5, 5.41) is 0. The van der Waals surface area contributed by atoms with Crippen LogP contribution in [0.25, 0.3) is 0 Å². The van der Waals surface area contributed by atoms with Crippen molar-refractivity contribution in [2.75, 3.05) is 0 Å². The van der Waals surface area contributed by atoms with Crippen molar-refractivity contribution in [3.63, 3.8) is 0 Å². The number of ketones is 2. The second kappa shape index (κ2) is 3.75. The van der Waals surface area contributed by atoms with Crippen LogP contribution < -0.4 is 0 Å². The Morgan fingerprint density at radius 1 is 1.39 bits per heavy atom. The molecular weight excluding hydrogens is 232 g/mol. The van der Waals surface area contributed by atoms with Crippen molar-refractivity contribution in [1.29, 1.82) is 0 Å². The lowest BCUT2D eigenvalue weighted by Gasteiger charge is -2.24. The Balaban J connectivity index is 2.42. The van der Waals surface area contributed by atoms with E-state index in [-0.39, 0.29) is 11.6 Å². The summed E-state index contributed by atoms with van der Waals surface area (Å²) in [6.07, 6.45) is 3.23. The van der Waals surface area contributed by atoms with Crippen LogP contribution in [0.1, 0.15) is 38.3 Å². The molecule has 0 amide bonds. The maximum Gasteiger partial charge on any atom is 0.211 e. The Morgan fingerprint density at radius 2 is 2.00 bits per heavy atom. The van der Waals surface area contributed by atoms with Gasteiger partial charge >= 0.3 is 0 Å². The van der Waals surface area contributed by atoms with Crippen LogP contribution in [0.2, 0.25) is 0 Å². The first-order chi connectivity index (χ1) is 8.17. The molecular formula is C13H18N2O3. The molecule has 2 heterocycles. The zero-order chi connectivity index (χ0) is 13.7. The van der Waals surface area contributed by atoms with Gasteiger partial charge in [0.05, 0.1) is 5.60 Å². The lowest BCUT2D eigenvalue weighted by atomic mass is 9.82. The predicted molar refractivity (Wildman–Crippen MR) is 65.3 cm³/mol. The Kier molecular flexibility index (Phi) is 2.70. The second-order valence-electron chi connectivity index (χ2n) is 5.74. The molecule has 1 aliphatic heterocycles. The van der Waals surface area contributed by atoms with Crippen LogP contribution in [0.3, 0.4) is 0 Å². The maximum absolute atomic E-state index is 12.5. The molecule has 1 aromatic rings. The average Bonchev–Trinajstić information content (AvgIpc) is 2.67. The van der Waals surface area contributed by atoms with Gasteiger partial charge in [0, 0.05) is 19.4 Å². The van der Waals surface area contributed by atoms with E-state index in [9.17, 15) is 9.59 Å². The van der Waals surface area contributed by atoms with Crippen LogP contribution in [0, 0.1) is 5.92 Å². The molecule has 1 unspecified atom stereocenters. The number of nitrogens with zero attached hydrogens (tertiary/aromatic N) is 2. The van der Waals surface area contributed by atoms with E-state index < -0.39 is 17.1 Å². The molecule has 2 rings (SSSR count). The molecule has 0 aliphatic carbocycles. The minimum atomic E-state index is -0.922. The third kappa shape index (κ3) is 1.79. The molecule has 0 radical (unpaired) electrons. The van der Waals surface area contributed by atoms with Crippen molar-refractivity contribution in [1.82, 2.24) is 9.55 Å². The Morgan fingerprint density at radius 3 is 2.39 bits per heavy atom. The van der Waals surface area contributed by atoms with E-state index in [2.05, 4.69) is 4.98 Å². The molecule has 5 heteroatoms. The molecule has 1 fully saturated rings. The van der Waals surface area contributed by atoms with Crippen LogP contribution in [0.4, 0.5) is 0 Å². The van der Waals surface area contributed by atoms with Gasteiger partial charge in [0.2, 0.25) is 5.78 Å². The molecule has 1 aromatic heterocycles. The maximum atomic E-state index is 12.5. The largest absolute Gasteiger partial charge is 0.361 e. The zero-order valence-corrected chi connectivity index (χ0v) is 11.4. The first-order valence-electron chi connectivity index (χ1n) is 5.93. The fourth-order valence-electron chi connectivity index (χ4n) is 2.60. The molecule has 0 spiro atoms. The van der Waals surface area contributed by atoms with Crippen LogP contribution in [-0.4, -0.2) is 32.3 Å². The molecule has 18 heavy (non-hydrogen) atoms. The highest BCUT2D eigenvalue weighted by atomic mass is 16.5. The predicted octanol–water partition coefficient (Wildman–Crippen LogP) is 1.38. The number of hydrogen-bond donors (Lipinski definition) is 0. The molecule has 1 atom stereocenters. The van der Waals surface area contributed by atoms with Crippen LogP contribution in [0.15, 0.2) is 12.4 Å². The van der Waals surface area contributed by atoms with Gasteiger partial charge in [-0.1, -0.05) is 0 Å². The van der Waals surface area contributed by atoms with Crippen molar-refractivity contribution < 1.29 is 14.3 Å². The first-order valence-corrected chi connectivity index (χ1v) is 5.93.